The fourth-order valence-corrected chi connectivity index (χ4v) is 4.10. The van der Waals surface area contributed by atoms with Gasteiger partial charge in [-0.05, 0) is 43.4 Å². The lowest BCUT2D eigenvalue weighted by atomic mass is 9.83. The molecule has 18 heavy (non-hydrogen) atoms. The second-order valence-electron chi connectivity index (χ2n) is 6.75. The maximum atomic E-state index is 6.22. The van der Waals surface area contributed by atoms with Crippen molar-refractivity contribution >= 4 is 5.82 Å². The molecule has 1 aromatic rings. The number of nitrogens with two attached hydrogens (primary N) is 1. The van der Waals surface area contributed by atoms with Crippen LogP contribution in [0.4, 0.5) is 5.82 Å². The molecule has 1 aromatic heterocycles. The van der Waals surface area contributed by atoms with E-state index < -0.39 is 0 Å². The average Bonchev–Trinajstić information content (AvgIpc) is 2.98. The Labute approximate surface area is 110 Å². The minimum Gasteiger partial charge on any atom is -0.384 e. The molecule has 0 radical (unpaired) electrons. The lowest BCUT2D eigenvalue weighted by Crippen LogP contribution is -2.12. The fraction of sp³-hybridized carbons (Fsp3) is 0.800. The van der Waals surface area contributed by atoms with Gasteiger partial charge < -0.3 is 5.73 Å². The van der Waals surface area contributed by atoms with Crippen LogP contribution in [0.1, 0.15) is 56.7 Å². The van der Waals surface area contributed by atoms with Crippen molar-refractivity contribution < 1.29 is 0 Å². The van der Waals surface area contributed by atoms with Crippen LogP contribution in [-0.4, -0.2) is 9.78 Å². The number of rotatable bonds is 3. The van der Waals surface area contributed by atoms with Gasteiger partial charge in [-0.15, -0.1) is 0 Å². The third-order valence-corrected chi connectivity index (χ3v) is 4.93. The van der Waals surface area contributed by atoms with Gasteiger partial charge in [-0.1, -0.05) is 20.3 Å². The Balaban J connectivity index is 1.93. The molecular formula is C15H25N3. The topological polar surface area (TPSA) is 43.8 Å². The molecule has 0 saturated heterocycles. The summed E-state index contributed by atoms with van der Waals surface area (Å²) in [6.07, 6.45) is 6.72. The molecule has 1 heterocycles. The summed E-state index contributed by atoms with van der Waals surface area (Å²) in [6, 6.07) is 0. The second-order valence-corrected chi connectivity index (χ2v) is 6.75. The van der Waals surface area contributed by atoms with Crippen molar-refractivity contribution in [2.45, 2.75) is 51.9 Å². The van der Waals surface area contributed by atoms with E-state index >= 15 is 0 Å². The van der Waals surface area contributed by atoms with Crippen molar-refractivity contribution in [3.63, 3.8) is 0 Å². The number of aryl methyl sites for hydroxylation is 1. The summed E-state index contributed by atoms with van der Waals surface area (Å²) < 4.78 is 1.89. The van der Waals surface area contributed by atoms with E-state index in [2.05, 4.69) is 13.8 Å². The summed E-state index contributed by atoms with van der Waals surface area (Å²) in [5.74, 6) is 4.08. The third-order valence-electron chi connectivity index (χ3n) is 4.93. The van der Waals surface area contributed by atoms with Gasteiger partial charge in [-0.2, -0.15) is 5.10 Å². The van der Waals surface area contributed by atoms with Crippen molar-refractivity contribution in [3.05, 3.63) is 11.3 Å². The first-order valence-corrected chi connectivity index (χ1v) is 7.37. The van der Waals surface area contributed by atoms with E-state index in [1.807, 2.05) is 11.7 Å². The number of anilines is 1. The molecule has 0 aliphatic heterocycles. The summed E-state index contributed by atoms with van der Waals surface area (Å²) in [7, 11) is 1.98. The van der Waals surface area contributed by atoms with Gasteiger partial charge in [-0.25, -0.2) is 0 Å². The molecular weight excluding hydrogens is 222 g/mol. The largest absolute Gasteiger partial charge is 0.384 e. The van der Waals surface area contributed by atoms with Gasteiger partial charge in [0.1, 0.15) is 5.82 Å². The van der Waals surface area contributed by atoms with E-state index in [0.717, 1.165) is 24.1 Å². The van der Waals surface area contributed by atoms with Crippen LogP contribution in [0.3, 0.4) is 0 Å². The van der Waals surface area contributed by atoms with Crippen molar-refractivity contribution in [1.82, 2.24) is 9.78 Å². The molecule has 3 heteroatoms. The molecule has 2 bridgehead atoms. The van der Waals surface area contributed by atoms with Gasteiger partial charge in [0.15, 0.2) is 0 Å². The highest BCUT2D eigenvalue weighted by molar-refractivity contribution is 5.45. The normalized spacial score (nSPS) is 30.6. The van der Waals surface area contributed by atoms with Crippen LogP contribution in [-0.2, 0) is 13.5 Å². The van der Waals surface area contributed by atoms with Crippen LogP contribution in [0, 0.1) is 17.8 Å². The molecule has 2 fully saturated rings. The Morgan fingerprint density at radius 3 is 2.67 bits per heavy atom. The second kappa shape index (κ2) is 4.29. The Hall–Kier alpha value is -0.990. The quantitative estimate of drug-likeness (QED) is 0.892. The van der Waals surface area contributed by atoms with Crippen LogP contribution in [0.2, 0.25) is 0 Å². The van der Waals surface area contributed by atoms with E-state index in [9.17, 15) is 0 Å². The molecule has 3 rings (SSSR count). The standard InChI is InChI=1S/C15H25N3/c1-9(2)6-13-14(17-18(3)15(13)16)12-8-10-4-5-11(12)7-10/h9-12H,4-8,16H2,1-3H3. The SMILES string of the molecule is CC(C)Cc1c(C2CC3CCC2C3)nn(C)c1N. The van der Waals surface area contributed by atoms with Gasteiger partial charge in [-0.3, -0.25) is 4.68 Å². The molecule has 3 atom stereocenters. The molecule has 0 amide bonds. The Morgan fingerprint density at radius 1 is 1.33 bits per heavy atom. The van der Waals surface area contributed by atoms with Crippen LogP contribution in [0.5, 0.6) is 0 Å². The lowest BCUT2D eigenvalue weighted by molar-refractivity contribution is 0.407. The maximum Gasteiger partial charge on any atom is 0.124 e. The van der Waals surface area contributed by atoms with E-state index in [0.29, 0.717) is 11.8 Å². The molecule has 0 spiro atoms. The number of fused-ring (bicyclic) bond motifs is 2. The van der Waals surface area contributed by atoms with Crippen LogP contribution in [0.25, 0.3) is 0 Å². The first-order chi connectivity index (χ1) is 8.56. The smallest absolute Gasteiger partial charge is 0.124 e. The Morgan fingerprint density at radius 2 is 2.11 bits per heavy atom. The van der Waals surface area contributed by atoms with Gasteiger partial charge in [0.05, 0.1) is 5.69 Å². The van der Waals surface area contributed by atoms with E-state index in [1.54, 1.807) is 0 Å². The lowest BCUT2D eigenvalue weighted by Gasteiger charge is -2.21. The fourth-order valence-electron chi connectivity index (χ4n) is 4.10. The minimum atomic E-state index is 0.647. The number of nitrogen functional groups attached to an aromatic ring is 1. The number of nitrogens with zero attached hydrogens (tertiary/aromatic N) is 2. The van der Waals surface area contributed by atoms with Gasteiger partial charge in [0.2, 0.25) is 0 Å². The van der Waals surface area contributed by atoms with Crippen molar-refractivity contribution in [3.8, 4) is 0 Å². The molecule has 3 unspecified atom stereocenters. The molecule has 2 aliphatic rings. The van der Waals surface area contributed by atoms with Gasteiger partial charge in [0, 0.05) is 18.5 Å². The number of aromatic nitrogens is 2. The van der Waals surface area contributed by atoms with E-state index in [1.165, 1.54) is 36.9 Å². The van der Waals surface area contributed by atoms with E-state index in [4.69, 9.17) is 10.8 Å². The van der Waals surface area contributed by atoms with E-state index in [-0.39, 0.29) is 0 Å². The molecule has 100 valence electrons. The molecule has 2 N–H and O–H groups in total. The van der Waals surface area contributed by atoms with Crippen molar-refractivity contribution in [1.29, 1.82) is 0 Å². The van der Waals surface area contributed by atoms with Crippen molar-refractivity contribution in [2.75, 3.05) is 5.73 Å². The van der Waals surface area contributed by atoms with Crippen molar-refractivity contribution in [2.24, 2.45) is 24.8 Å². The summed E-state index contributed by atoms with van der Waals surface area (Å²) in [6.45, 7) is 4.52. The minimum absolute atomic E-state index is 0.647. The predicted octanol–water partition coefficient (Wildman–Crippen LogP) is 3.10. The Kier molecular flexibility index (Phi) is 2.87. The molecule has 0 aromatic carbocycles. The highest BCUT2D eigenvalue weighted by atomic mass is 15.3. The highest BCUT2D eigenvalue weighted by Gasteiger charge is 2.42. The van der Waals surface area contributed by atoms with Crippen LogP contribution < -0.4 is 5.73 Å². The first kappa shape index (κ1) is 12.1. The molecule has 2 saturated carbocycles. The van der Waals surface area contributed by atoms with Gasteiger partial charge >= 0.3 is 0 Å². The zero-order chi connectivity index (χ0) is 12.9. The van der Waals surface area contributed by atoms with Crippen LogP contribution >= 0.6 is 0 Å². The highest BCUT2D eigenvalue weighted by Crippen LogP contribution is 2.53. The van der Waals surface area contributed by atoms with Crippen LogP contribution in [0.15, 0.2) is 0 Å². The summed E-state index contributed by atoms with van der Waals surface area (Å²) in [5.41, 5.74) is 8.89. The van der Waals surface area contributed by atoms with Gasteiger partial charge in [0.25, 0.3) is 0 Å². The summed E-state index contributed by atoms with van der Waals surface area (Å²) in [4.78, 5) is 0. The third kappa shape index (κ3) is 1.84. The first-order valence-electron chi connectivity index (χ1n) is 7.37. The number of hydrogen-bond acceptors (Lipinski definition) is 2. The molecule has 3 nitrogen and oxygen atoms in total. The number of hydrogen-bond donors (Lipinski definition) is 1. The summed E-state index contributed by atoms with van der Waals surface area (Å²) in [5, 5.41) is 4.76. The molecule has 2 aliphatic carbocycles. The zero-order valence-corrected chi connectivity index (χ0v) is 11.8. The summed E-state index contributed by atoms with van der Waals surface area (Å²) >= 11 is 0. The Bertz CT molecular complexity index is 447. The predicted molar refractivity (Wildman–Crippen MR) is 74.4 cm³/mol. The monoisotopic (exact) mass is 247 g/mol. The average molecular weight is 247 g/mol. The maximum absolute atomic E-state index is 6.22. The zero-order valence-electron chi connectivity index (χ0n) is 11.8.